The zero-order valence-corrected chi connectivity index (χ0v) is 15.0. The molecular formula is C19H22N2O5. The molecule has 0 saturated carbocycles. The van der Waals surface area contributed by atoms with Crippen LogP contribution in [-0.4, -0.2) is 32.6 Å². The summed E-state index contributed by atoms with van der Waals surface area (Å²) >= 11 is 0. The Morgan fingerprint density at radius 3 is 2.54 bits per heavy atom. The minimum atomic E-state index is -0.449. The molecule has 1 aromatic heterocycles. The van der Waals surface area contributed by atoms with Crippen LogP contribution in [0.5, 0.6) is 11.5 Å². The lowest BCUT2D eigenvalue weighted by atomic mass is 10.1. The van der Waals surface area contributed by atoms with E-state index in [1.165, 1.54) is 26.6 Å². The van der Waals surface area contributed by atoms with Gasteiger partial charge in [0.15, 0.2) is 11.5 Å². The van der Waals surface area contributed by atoms with E-state index in [1.54, 1.807) is 30.3 Å². The number of nitrogens with one attached hydrogen (secondary N) is 2. The predicted molar refractivity (Wildman–Crippen MR) is 97.0 cm³/mol. The minimum Gasteiger partial charge on any atom is -0.493 e. The van der Waals surface area contributed by atoms with Crippen molar-refractivity contribution in [1.82, 2.24) is 10.6 Å². The zero-order valence-electron chi connectivity index (χ0n) is 15.0. The lowest BCUT2D eigenvalue weighted by Crippen LogP contribution is -2.35. The van der Waals surface area contributed by atoms with Crippen LogP contribution in [0, 0.1) is 0 Å². The van der Waals surface area contributed by atoms with Gasteiger partial charge in [0, 0.05) is 18.2 Å². The predicted octanol–water partition coefficient (Wildman–Crippen LogP) is 2.59. The van der Waals surface area contributed by atoms with Gasteiger partial charge >= 0.3 is 0 Å². The summed E-state index contributed by atoms with van der Waals surface area (Å²) < 4.78 is 15.6. The number of amides is 2. The molecule has 0 aliphatic carbocycles. The Hall–Kier alpha value is -3.22. The molecule has 0 spiro atoms. The molecule has 138 valence electrons. The first-order valence-corrected chi connectivity index (χ1v) is 8.15. The second-order valence-corrected chi connectivity index (χ2v) is 5.35. The average Bonchev–Trinajstić information content (AvgIpc) is 3.17. The first-order valence-electron chi connectivity index (χ1n) is 8.15. The number of benzene rings is 1. The molecule has 26 heavy (non-hydrogen) atoms. The Labute approximate surface area is 152 Å². The fourth-order valence-electron chi connectivity index (χ4n) is 2.18. The van der Waals surface area contributed by atoms with Gasteiger partial charge in [0.1, 0.15) is 11.5 Å². The molecule has 2 aromatic rings. The van der Waals surface area contributed by atoms with Crippen LogP contribution in [0.3, 0.4) is 0 Å². The monoisotopic (exact) mass is 358 g/mol. The molecule has 0 atom stereocenters. The number of hydrogen-bond acceptors (Lipinski definition) is 5. The quantitative estimate of drug-likeness (QED) is 0.708. The van der Waals surface area contributed by atoms with E-state index in [9.17, 15) is 9.59 Å². The summed E-state index contributed by atoms with van der Waals surface area (Å²) in [6.45, 7) is 2.44. The molecule has 2 rings (SSSR count). The normalized spacial score (nSPS) is 11.0. The van der Waals surface area contributed by atoms with Crippen LogP contribution in [0.4, 0.5) is 0 Å². The number of carbonyl (C=O) groups is 2. The lowest BCUT2D eigenvalue weighted by molar-refractivity contribution is -0.117. The highest BCUT2D eigenvalue weighted by atomic mass is 16.5. The Kier molecular flexibility index (Phi) is 6.84. The van der Waals surface area contributed by atoms with Gasteiger partial charge in [-0.15, -0.1) is 0 Å². The van der Waals surface area contributed by atoms with Crippen molar-refractivity contribution >= 4 is 17.9 Å². The van der Waals surface area contributed by atoms with E-state index in [0.717, 1.165) is 6.42 Å². The van der Waals surface area contributed by atoms with Gasteiger partial charge in [-0.2, -0.15) is 0 Å². The number of furan rings is 1. The summed E-state index contributed by atoms with van der Waals surface area (Å²) in [7, 11) is 3.00. The van der Waals surface area contributed by atoms with Crippen LogP contribution in [0.25, 0.3) is 6.08 Å². The van der Waals surface area contributed by atoms with Crippen molar-refractivity contribution < 1.29 is 23.5 Å². The van der Waals surface area contributed by atoms with E-state index >= 15 is 0 Å². The largest absolute Gasteiger partial charge is 0.493 e. The van der Waals surface area contributed by atoms with E-state index in [-0.39, 0.29) is 5.70 Å². The van der Waals surface area contributed by atoms with E-state index < -0.39 is 11.8 Å². The number of ether oxygens (including phenoxy) is 2. The maximum atomic E-state index is 12.6. The van der Waals surface area contributed by atoms with Crippen molar-refractivity contribution in [3.8, 4) is 11.5 Å². The van der Waals surface area contributed by atoms with Gasteiger partial charge in [-0.05, 0) is 36.8 Å². The van der Waals surface area contributed by atoms with Gasteiger partial charge in [-0.3, -0.25) is 9.59 Å². The second kappa shape index (κ2) is 9.31. The molecule has 2 N–H and O–H groups in total. The van der Waals surface area contributed by atoms with Gasteiger partial charge in [-0.1, -0.05) is 6.92 Å². The molecule has 0 saturated heterocycles. The van der Waals surface area contributed by atoms with Crippen LogP contribution in [-0.2, 0) is 4.79 Å². The summed E-state index contributed by atoms with van der Waals surface area (Å²) in [4.78, 5) is 24.9. The molecule has 1 heterocycles. The van der Waals surface area contributed by atoms with Gasteiger partial charge < -0.3 is 24.5 Å². The maximum absolute atomic E-state index is 12.6. The summed E-state index contributed by atoms with van der Waals surface area (Å²) in [5.41, 5.74) is 0.421. The van der Waals surface area contributed by atoms with Crippen LogP contribution in [0.2, 0.25) is 0 Å². The maximum Gasteiger partial charge on any atom is 0.267 e. The molecule has 0 bridgehead atoms. The molecule has 0 aliphatic heterocycles. The van der Waals surface area contributed by atoms with Crippen molar-refractivity contribution in [2.45, 2.75) is 13.3 Å². The van der Waals surface area contributed by atoms with Crippen molar-refractivity contribution in [3.05, 3.63) is 53.6 Å². The standard InChI is InChI=1S/C19H22N2O5/c1-4-9-20-19(23)15(12-14-6-5-10-26-14)21-18(22)13-7-8-16(24-2)17(11-13)25-3/h5-8,10-12H,4,9H2,1-3H3,(H,20,23)(H,21,22)/b15-12-. The lowest BCUT2D eigenvalue weighted by Gasteiger charge is -2.12. The highest BCUT2D eigenvalue weighted by molar-refractivity contribution is 6.05. The molecule has 0 aliphatic rings. The zero-order chi connectivity index (χ0) is 18.9. The van der Waals surface area contributed by atoms with E-state index in [2.05, 4.69) is 10.6 Å². The van der Waals surface area contributed by atoms with Crippen molar-refractivity contribution in [2.75, 3.05) is 20.8 Å². The smallest absolute Gasteiger partial charge is 0.267 e. The van der Waals surface area contributed by atoms with Crippen molar-refractivity contribution in [1.29, 1.82) is 0 Å². The number of carbonyl (C=O) groups excluding carboxylic acids is 2. The third-order valence-corrected chi connectivity index (χ3v) is 3.50. The van der Waals surface area contributed by atoms with Crippen molar-refractivity contribution in [2.24, 2.45) is 0 Å². The molecule has 7 nitrogen and oxygen atoms in total. The summed E-state index contributed by atoms with van der Waals surface area (Å²) in [6, 6.07) is 8.15. The Morgan fingerprint density at radius 1 is 1.15 bits per heavy atom. The summed E-state index contributed by atoms with van der Waals surface area (Å²) in [5, 5.41) is 5.36. The van der Waals surface area contributed by atoms with E-state index in [0.29, 0.717) is 29.4 Å². The highest BCUT2D eigenvalue weighted by Gasteiger charge is 2.16. The van der Waals surface area contributed by atoms with E-state index in [4.69, 9.17) is 13.9 Å². The van der Waals surface area contributed by atoms with Crippen LogP contribution in [0.1, 0.15) is 29.5 Å². The molecule has 0 unspecified atom stereocenters. The van der Waals surface area contributed by atoms with Gasteiger partial charge in [0.05, 0.1) is 20.5 Å². The van der Waals surface area contributed by atoms with Crippen LogP contribution in [0.15, 0.2) is 46.7 Å². The average molecular weight is 358 g/mol. The Morgan fingerprint density at radius 2 is 1.92 bits per heavy atom. The van der Waals surface area contributed by atoms with Crippen molar-refractivity contribution in [3.63, 3.8) is 0 Å². The highest BCUT2D eigenvalue weighted by Crippen LogP contribution is 2.27. The summed E-state index contributed by atoms with van der Waals surface area (Å²) in [5.74, 6) is 0.551. The number of methoxy groups -OCH3 is 2. The van der Waals surface area contributed by atoms with Crippen LogP contribution < -0.4 is 20.1 Å². The molecular weight excluding hydrogens is 336 g/mol. The second-order valence-electron chi connectivity index (χ2n) is 5.35. The number of hydrogen-bond donors (Lipinski definition) is 2. The molecule has 0 radical (unpaired) electrons. The third kappa shape index (κ3) is 4.89. The molecule has 0 fully saturated rings. The first kappa shape index (κ1) is 19.1. The van der Waals surface area contributed by atoms with Gasteiger partial charge in [0.25, 0.3) is 11.8 Å². The van der Waals surface area contributed by atoms with Crippen LogP contribution >= 0.6 is 0 Å². The van der Waals surface area contributed by atoms with Gasteiger partial charge in [0.2, 0.25) is 0 Å². The Balaban J connectivity index is 2.24. The number of rotatable bonds is 8. The summed E-state index contributed by atoms with van der Waals surface area (Å²) in [6.07, 6.45) is 3.75. The topological polar surface area (TPSA) is 89.8 Å². The fourth-order valence-corrected chi connectivity index (χ4v) is 2.18. The minimum absolute atomic E-state index is 0.0909. The van der Waals surface area contributed by atoms with Gasteiger partial charge in [-0.25, -0.2) is 0 Å². The Bertz CT molecular complexity index is 781. The molecule has 7 heteroatoms. The fraction of sp³-hybridized carbons (Fsp3) is 0.263. The van der Waals surface area contributed by atoms with E-state index in [1.807, 2.05) is 6.92 Å². The third-order valence-electron chi connectivity index (χ3n) is 3.50. The SMILES string of the molecule is CCCNC(=O)/C(=C/c1ccco1)NC(=O)c1ccc(OC)c(OC)c1. The molecule has 1 aromatic carbocycles. The molecule has 2 amide bonds. The first-order chi connectivity index (χ1) is 12.6.